The smallest absolute Gasteiger partial charge is 0.216 e. The molecule has 4 aromatic rings. The number of furan rings is 1. The molecule has 0 aliphatic carbocycles. The van der Waals surface area contributed by atoms with Crippen molar-refractivity contribution in [1.82, 2.24) is 0 Å². The third-order valence-corrected chi connectivity index (χ3v) is 5.86. The molecule has 0 aliphatic heterocycles. The Hall–Kier alpha value is -3.12. The quantitative estimate of drug-likeness (QED) is 0.262. The lowest BCUT2D eigenvalue weighted by Crippen LogP contribution is -2.30. The molecule has 4 rings (SSSR count). The minimum Gasteiger partial charge on any atom is -0.456 e. The standard InChI is InChI=1S/C27H29N2O/c1-16(2)14-19-15-21(28-6)23(17(3)4)27-25(19)20-12-11-18(5)24(26(20)30-27)22-10-8-9-13-29(22)7/h8-13,15-17H,14H2,1-5,7H3/q+1. The van der Waals surface area contributed by atoms with Crippen LogP contribution in [0.5, 0.6) is 0 Å². The minimum absolute atomic E-state index is 0.211. The summed E-state index contributed by atoms with van der Waals surface area (Å²) in [7, 11) is 2.07. The van der Waals surface area contributed by atoms with E-state index in [1.165, 1.54) is 16.5 Å². The molecule has 3 heteroatoms. The first-order valence-corrected chi connectivity index (χ1v) is 10.7. The summed E-state index contributed by atoms with van der Waals surface area (Å²) in [6.45, 7) is 18.7. The van der Waals surface area contributed by atoms with Crippen LogP contribution in [0.15, 0.2) is 47.0 Å². The summed E-state index contributed by atoms with van der Waals surface area (Å²) >= 11 is 0. The summed E-state index contributed by atoms with van der Waals surface area (Å²) in [5.74, 6) is 0.709. The Morgan fingerprint density at radius 1 is 1.07 bits per heavy atom. The second-order valence-electron chi connectivity index (χ2n) is 8.97. The molecular weight excluding hydrogens is 368 g/mol. The number of aromatic nitrogens is 1. The molecular formula is C27H29N2O+. The SMILES string of the molecule is [C-]#[N+]c1cc(CC(C)C)c2c(oc3c(-c4cccc[n+]4C)c(C)ccc32)c1C(C)C. The summed E-state index contributed by atoms with van der Waals surface area (Å²) in [6, 6.07) is 12.7. The monoisotopic (exact) mass is 397 g/mol. The Bertz CT molecular complexity index is 1300. The van der Waals surface area contributed by atoms with Gasteiger partial charge in [-0.25, -0.2) is 9.41 Å². The second kappa shape index (κ2) is 7.61. The lowest BCUT2D eigenvalue weighted by atomic mass is 9.90. The molecule has 0 atom stereocenters. The maximum atomic E-state index is 7.79. The fraction of sp³-hybridized carbons (Fsp3) is 0.333. The number of hydrogen-bond donors (Lipinski definition) is 0. The maximum Gasteiger partial charge on any atom is 0.216 e. The number of rotatable bonds is 4. The highest BCUT2D eigenvalue weighted by Crippen LogP contribution is 2.44. The molecule has 0 unspecified atom stereocenters. The molecule has 2 aromatic carbocycles. The number of fused-ring (bicyclic) bond motifs is 3. The second-order valence-corrected chi connectivity index (χ2v) is 8.97. The Balaban J connectivity index is 2.21. The lowest BCUT2D eigenvalue weighted by Gasteiger charge is -2.13. The molecule has 30 heavy (non-hydrogen) atoms. The van der Waals surface area contributed by atoms with Gasteiger partial charge in [0.1, 0.15) is 18.2 Å². The van der Waals surface area contributed by atoms with Gasteiger partial charge in [0.15, 0.2) is 11.9 Å². The highest BCUT2D eigenvalue weighted by molar-refractivity contribution is 6.13. The molecule has 0 amide bonds. The van der Waals surface area contributed by atoms with Gasteiger partial charge in [0.25, 0.3) is 0 Å². The van der Waals surface area contributed by atoms with Gasteiger partial charge in [-0.3, -0.25) is 0 Å². The molecule has 2 aromatic heterocycles. The van der Waals surface area contributed by atoms with Gasteiger partial charge in [0, 0.05) is 28.5 Å². The van der Waals surface area contributed by atoms with Gasteiger partial charge < -0.3 is 4.42 Å². The van der Waals surface area contributed by atoms with E-state index >= 15 is 0 Å². The van der Waals surface area contributed by atoms with E-state index in [9.17, 15) is 0 Å². The number of aryl methyl sites for hydroxylation is 2. The summed E-state index contributed by atoms with van der Waals surface area (Å²) in [4.78, 5) is 3.88. The van der Waals surface area contributed by atoms with Crippen molar-refractivity contribution >= 4 is 27.6 Å². The van der Waals surface area contributed by atoms with Gasteiger partial charge >= 0.3 is 0 Å². The van der Waals surface area contributed by atoms with Crippen molar-refractivity contribution in [2.24, 2.45) is 13.0 Å². The van der Waals surface area contributed by atoms with E-state index in [-0.39, 0.29) is 5.92 Å². The van der Waals surface area contributed by atoms with Gasteiger partial charge in [-0.2, -0.15) is 0 Å². The lowest BCUT2D eigenvalue weighted by molar-refractivity contribution is -0.660. The van der Waals surface area contributed by atoms with Crippen LogP contribution < -0.4 is 4.57 Å². The summed E-state index contributed by atoms with van der Waals surface area (Å²) < 4.78 is 8.81. The third-order valence-electron chi connectivity index (χ3n) is 5.86. The maximum absolute atomic E-state index is 7.79. The zero-order valence-corrected chi connectivity index (χ0v) is 18.7. The molecule has 0 bridgehead atoms. The highest BCUT2D eigenvalue weighted by Gasteiger charge is 2.25. The highest BCUT2D eigenvalue weighted by atomic mass is 16.3. The van der Waals surface area contributed by atoms with Crippen molar-refractivity contribution < 1.29 is 8.98 Å². The first-order chi connectivity index (χ1) is 14.3. The Morgan fingerprint density at radius 2 is 1.83 bits per heavy atom. The average molecular weight is 398 g/mol. The number of benzene rings is 2. The predicted molar refractivity (Wildman–Crippen MR) is 124 cm³/mol. The van der Waals surface area contributed by atoms with Gasteiger partial charge in [0.05, 0.1) is 12.1 Å². The topological polar surface area (TPSA) is 21.4 Å². The molecule has 0 radical (unpaired) electrons. The zero-order valence-electron chi connectivity index (χ0n) is 18.7. The van der Waals surface area contributed by atoms with Gasteiger partial charge in [-0.1, -0.05) is 45.9 Å². The van der Waals surface area contributed by atoms with Crippen molar-refractivity contribution in [3.63, 3.8) is 0 Å². The molecule has 0 saturated heterocycles. The molecule has 3 nitrogen and oxygen atoms in total. The normalized spacial score (nSPS) is 11.7. The van der Waals surface area contributed by atoms with Crippen molar-refractivity contribution in [3.05, 3.63) is 70.7 Å². The molecule has 0 saturated carbocycles. The molecule has 0 aliphatic rings. The Morgan fingerprint density at radius 3 is 2.47 bits per heavy atom. The van der Waals surface area contributed by atoms with Gasteiger partial charge in [-0.15, -0.1) is 0 Å². The molecule has 2 heterocycles. The Kier molecular flexibility index (Phi) is 5.12. The van der Waals surface area contributed by atoms with Crippen molar-refractivity contribution in [3.8, 4) is 11.3 Å². The third kappa shape index (κ3) is 3.17. The largest absolute Gasteiger partial charge is 0.456 e. The number of pyridine rings is 1. The molecule has 0 fully saturated rings. The van der Waals surface area contributed by atoms with E-state index in [1.54, 1.807) is 0 Å². The summed E-state index contributed by atoms with van der Waals surface area (Å²) in [6.07, 6.45) is 2.99. The van der Waals surface area contributed by atoms with Crippen LogP contribution in [-0.4, -0.2) is 0 Å². The number of nitrogens with zero attached hydrogens (tertiary/aromatic N) is 2. The van der Waals surface area contributed by atoms with E-state index in [4.69, 9.17) is 11.0 Å². The van der Waals surface area contributed by atoms with E-state index in [0.29, 0.717) is 5.92 Å². The van der Waals surface area contributed by atoms with Crippen LogP contribution in [0, 0.1) is 19.4 Å². The van der Waals surface area contributed by atoms with E-state index in [1.807, 2.05) is 6.07 Å². The van der Waals surface area contributed by atoms with Gasteiger partial charge in [0.2, 0.25) is 5.69 Å². The molecule has 0 spiro atoms. The van der Waals surface area contributed by atoms with Crippen LogP contribution in [0.1, 0.15) is 50.3 Å². The van der Waals surface area contributed by atoms with E-state index in [2.05, 4.69) is 87.6 Å². The van der Waals surface area contributed by atoms with E-state index < -0.39 is 0 Å². The summed E-state index contributed by atoms with van der Waals surface area (Å²) in [5, 5.41) is 2.32. The number of hydrogen-bond acceptors (Lipinski definition) is 1. The van der Waals surface area contributed by atoms with E-state index in [0.717, 1.165) is 45.5 Å². The van der Waals surface area contributed by atoms with Crippen LogP contribution in [0.3, 0.4) is 0 Å². The first kappa shape index (κ1) is 20.2. The van der Waals surface area contributed by atoms with Crippen molar-refractivity contribution in [2.45, 2.75) is 47.0 Å². The minimum atomic E-state index is 0.211. The van der Waals surface area contributed by atoms with Crippen LogP contribution in [0.4, 0.5) is 5.69 Å². The Labute approximate surface area is 178 Å². The van der Waals surface area contributed by atoms with Crippen LogP contribution >= 0.6 is 0 Å². The fourth-order valence-corrected chi connectivity index (χ4v) is 4.55. The van der Waals surface area contributed by atoms with Crippen LogP contribution in [0.2, 0.25) is 0 Å². The van der Waals surface area contributed by atoms with Crippen molar-refractivity contribution in [2.75, 3.05) is 0 Å². The predicted octanol–water partition coefficient (Wildman–Crippen LogP) is 7.26. The zero-order chi connectivity index (χ0) is 21.6. The van der Waals surface area contributed by atoms with Crippen LogP contribution in [-0.2, 0) is 13.5 Å². The van der Waals surface area contributed by atoms with Crippen molar-refractivity contribution in [1.29, 1.82) is 0 Å². The summed E-state index contributed by atoms with van der Waals surface area (Å²) in [5.41, 5.74) is 8.19. The molecule has 0 N–H and O–H groups in total. The van der Waals surface area contributed by atoms with Crippen LogP contribution in [0.25, 0.3) is 38.0 Å². The molecule has 152 valence electrons. The average Bonchev–Trinajstić information content (AvgIpc) is 3.07. The fourth-order valence-electron chi connectivity index (χ4n) is 4.55. The van der Waals surface area contributed by atoms with Gasteiger partial charge in [-0.05, 0) is 42.4 Å². The first-order valence-electron chi connectivity index (χ1n) is 10.7.